The van der Waals surface area contributed by atoms with Crippen LogP contribution in [0.15, 0.2) is 48.8 Å². The molecule has 0 aliphatic carbocycles. The molecule has 174 valence electrons. The van der Waals surface area contributed by atoms with Crippen LogP contribution in [0.3, 0.4) is 0 Å². The third-order valence-corrected chi connectivity index (χ3v) is 4.92. The minimum absolute atomic E-state index is 0.161. The lowest BCUT2D eigenvalue weighted by Crippen LogP contribution is -2.26. The summed E-state index contributed by atoms with van der Waals surface area (Å²) < 4.78 is 43.8. The smallest absolute Gasteiger partial charge is 0.417 e. The third kappa shape index (κ3) is 6.32. The predicted molar refractivity (Wildman–Crippen MR) is 120 cm³/mol. The molecule has 3 rings (SSSR count). The van der Waals surface area contributed by atoms with Crippen molar-refractivity contribution in [3.8, 4) is 5.88 Å². The number of alkyl halides is 3. The Bertz CT molecular complexity index is 925. The molecular formula is C24H30F3N3O2. The number of allylic oxidation sites excluding steroid dienone is 4. The van der Waals surface area contributed by atoms with Crippen LogP contribution in [-0.2, 0) is 12.8 Å². The maximum atomic E-state index is 12.7. The number of rotatable bonds is 6. The van der Waals surface area contributed by atoms with E-state index in [4.69, 9.17) is 4.74 Å². The molecule has 5 nitrogen and oxygen atoms in total. The van der Waals surface area contributed by atoms with Crippen molar-refractivity contribution >= 4 is 11.3 Å². The summed E-state index contributed by atoms with van der Waals surface area (Å²) in [5.41, 5.74) is 2.56. The Labute approximate surface area is 187 Å². The van der Waals surface area contributed by atoms with Crippen LogP contribution in [0.25, 0.3) is 5.57 Å². The molecule has 0 saturated carbocycles. The second kappa shape index (κ2) is 11.7. The molecular weight excluding hydrogens is 419 g/mol. The van der Waals surface area contributed by atoms with Crippen molar-refractivity contribution in [2.24, 2.45) is 0 Å². The van der Waals surface area contributed by atoms with Crippen molar-refractivity contribution in [3.63, 3.8) is 0 Å². The van der Waals surface area contributed by atoms with Crippen LogP contribution < -0.4 is 9.64 Å². The lowest BCUT2D eigenvalue weighted by molar-refractivity contribution is -0.137. The van der Waals surface area contributed by atoms with Crippen molar-refractivity contribution < 1.29 is 23.0 Å². The van der Waals surface area contributed by atoms with Crippen LogP contribution in [-0.4, -0.2) is 34.3 Å². The number of nitrogens with zero attached hydrogens (tertiary/aromatic N) is 3. The Morgan fingerprint density at radius 3 is 2.53 bits per heavy atom. The van der Waals surface area contributed by atoms with Crippen molar-refractivity contribution in [2.75, 3.05) is 18.0 Å². The number of aliphatic hydroxyl groups excluding tert-OH is 1. The van der Waals surface area contributed by atoms with Crippen LogP contribution in [0, 0.1) is 0 Å². The van der Waals surface area contributed by atoms with Crippen LogP contribution >= 0.6 is 0 Å². The minimum atomic E-state index is -4.42. The van der Waals surface area contributed by atoms with E-state index in [9.17, 15) is 18.3 Å². The third-order valence-electron chi connectivity index (χ3n) is 4.92. The molecule has 2 aromatic heterocycles. The average Bonchev–Trinajstić information content (AvgIpc) is 3.26. The van der Waals surface area contributed by atoms with E-state index >= 15 is 0 Å². The second-order valence-corrected chi connectivity index (χ2v) is 6.95. The summed E-state index contributed by atoms with van der Waals surface area (Å²) in [4.78, 5) is 10.3. The fourth-order valence-corrected chi connectivity index (χ4v) is 3.41. The lowest BCUT2D eigenvalue weighted by atomic mass is 10.1. The topological polar surface area (TPSA) is 58.5 Å². The van der Waals surface area contributed by atoms with Crippen molar-refractivity contribution in [3.05, 3.63) is 65.6 Å². The van der Waals surface area contributed by atoms with E-state index in [1.165, 1.54) is 6.07 Å². The Hall–Kier alpha value is -2.87. The largest absolute Gasteiger partial charge is 0.472 e. The molecule has 0 amide bonds. The van der Waals surface area contributed by atoms with Gasteiger partial charge in [-0.15, -0.1) is 0 Å². The summed E-state index contributed by atoms with van der Waals surface area (Å²) in [7, 11) is 0. The van der Waals surface area contributed by atoms with Gasteiger partial charge in [0.1, 0.15) is 6.10 Å². The van der Waals surface area contributed by atoms with Crippen LogP contribution in [0.5, 0.6) is 5.88 Å². The van der Waals surface area contributed by atoms with Gasteiger partial charge in [-0.2, -0.15) is 13.2 Å². The van der Waals surface area contributed by atoms with Crippen LogP contribution in [0.2, 0.25) is 0 Å². The van der Waals surface area contributed by atoms with Crippen LogP contribution in [0.4, 0.5) is 18.9 Å². The van der Waals surface area contributed by atoms with Gasteiger partial charge < -0.3 is 14.7 Å². The van der Waals surface area contributed by atoms with E-state index in [0.717, 1.165) is 29.1 Å². The number of hydrogen-bond donors (Lipinski definition) is 1. The molecule has 32 heavy (non-hydrogen) atoms. The Morgan fingerprint density at radius 1 is 1.22 bits per heavy atom. The number of anilines is 1. The van der Waals surface area contributed by atoms with Gasteiger partial charge in [0.05, 0.1) is 30.1 Å². The van der Waals surface area contributed by atoms with Crippen molar-refractivity contribution in [1.82, 2.24) is 9.97 Å². The molecule has 1 saturated heterocycles. The second-order valence-electron chi connectivity index (χ2n) is 6.95. The highest BCUT2D eigenvalue weighted by molar-refractivity contribution is 5.75. The molecule has 0 aromatic carbocycles. The molecule has 0 bridgehead atoms. The highest BCUT2D eigenvalue weighted by atomic mass is 19.4. The summed E-state index contributed by atoms with van der Waals surface area (Å²) >= 11 is 0. The van der Waals surface area contributed by atoms with Gasteiger partial charge in [-0.1, -0.05) is 32.1 Å². The first-order valence-electron chi connectivity index (χ1n) is 10.7. The average molecular weight is 450 g/mol. The SMILES string of the molecule is C/C=C\C(=C/C)c1cnc(CO)c(N2CC[C@H](Oc3ccc(C(F)(F)F)cn3)C2)c1.CC. The number of halogens is 3. The maximum Gasteiger partial charge on any atom is 0.417 e. The van der Waals surface area contributed by atoms with E-state index in [1.54, 1.807) is 6.20 Å². The zero-order valence-corrected chi connectivity index (χ0v) is 18.9. The fourth-order valence-electron chi connectivity index (χ4n) is 3.41. The summed E-state index contributed by atoms with van der Waals surface area (Å²) in [6, 6.07) is 4.20. The van der Waals surface area contributed by atoms with E-state index in [-0.39, 0.29) is 18.6 Å². The summed E-state index contributed by atoms with van der Waals surface area (Å²) in [6.45, 7) is 8.91. The highest BCUT2D eigenvalue weighted by Crippen LogP contribution is 2.31. The van der Waals surface area contributed by atoms with Gasteiger partial charge in [-0.05, 0) is 31.6 Å². The molecule has 1 fully saturated rings. The Morgan fingerprint density at radius 2 is 1.97 bits per heavy atom. The molecule has 3 heterocycles. The Kier molecular flexibility index (Phi) is 9.26. The normalized spacial score (nSPS) is 16.8. The first-order valence-corrected chi connectivity index (χ1v) is 10.7. The monoisotopic (exact) mass is 449 g/mol. The van der Waals surface area contributed by atoms with E-state index < -0.39 is 11.7 Å². The van der Waals surface area contributed by atoms with Gasteiger partial charge in [0.25, 0.3) is 0 Å². The van der Waals surface area contributed by atoms with Gasteiger partial charge in [-0.3, -0.25) is 4.98 Å². The van der Waals surface area contributed by atoms with Gasteiger partial charge in [0, 0.05) is 37.0 Å². The molecule has 0 spiro atoms. The molecule has 2 aromatic rings. The van der Waals surface area contributed by atoms with E-state index in [1.807, 2.05) is 52.0 Å². The minimum Gasteiger partial charge on any atom is -0.472 e. The number of aliphatic hydroxyl groups is 1. The molecule has 0 unspecified atom stereocenters. The van der Waals surface area contributed by atoms with Crippen molar-refractivity contribution in [2.45, 2.75) is 53.0 Å². The first kappa shape index (κ1) is 25.4. The summed E-state index contributed by atoms with van der Waals surface area (Å²) in [6.07, 6.45) is 4.49. The maximum absolute atomic E-state index is 12.7. The number of aromatic nitrogens is 2. The molecule has 1 N–H and O–H groups in total. The lowest BCUT2D eigenvalue weighted by Gasteiger charge is -2.22. The standard InChI is InChI=1S/C22H24F3N3O2.C2H6/c1-3-5-15(4-2)16-10-20(19(14-29)26-11-16)28-9-8-18(13-28)30-21-7-6-17(12-27-21)22(23,24)25;1-2/h3-7,10-12,18,29H,8-9,13-14H2,1-2H3;1-2H3/b5-3-,15-4+;/t18-;/m0./s1. The Balaban J connectivity index is 0.00000176. The number of pyridine rings is 2. The quantitative estimate of drug-likeness (QED) is 0.578. The molecule has 1 atom stereocenters. The first-order chi connectivity index (χ1) is 15.4. The number of ether oxygens (including phenoxy) is 1. The molecule has 8 heteroatoms. The summed E-state index contributed by atoms with van der Waals surface area (Å²) in [5.74, 6) is 0.161. The zero-order chi connectivity index (χ0) is 23.7. The van der Waals surface area contributed by atoms with Gasteiger partial charge in [0.15, 0.2) is 0 Å². The van der Waals surface area contributed by atoms with E-state index in [2.05, 4.69) is 14.9 Å². The highest BCUT2D eigenvalue weighted by Gasteiger charge is 2.31. The van der Waals surface area contributed by atoms with Crippen molar-refractivity contribution in [1.29, 1.82) is 0 Å². The zero-order valence-electron chi connectivity index (χ0n) is 18.9. The summed E-state index contributed by atoms with van der Waals surface area (Å²) in [5, 5.41) is 9.71. The van der Waals surface area contributed by atoms with Gasteiger partial charge >= 0.3 is 6.18 Å². The molecule has 0 radical (unpaired) electrons. The molecule has 1 aliphatic rings. The van der Waals surface area contributed by atoms with Gasteiger partial charge in [-0.25, -0.2) is 4.98 Å². The van der Waals surface area contributed by atoms with Gasteiger partial charge in [0.2, 0.25) is 5.88 Å². The van der Waals surface area contributed by atoms with Crippen LogP contribution in [0.1, 0.15) is 50.9 Å². The van der Waals surface area contributed by atoms with E-state index in [0.29, 0.717) is 25.2 Å². The predicted octanol–water partition coefficient (Wildman–Crippen LogP) is 5.65. The fraction of sp³-hybridized carbons (Fsp3) is 0.417. The molecule has 1 aliphatic heterocycles. The number of hydrogen-bond acceptors (Lipinski definition) is 5.